The minimum Gasteiger partial charge on any atom is -0.396 e. The number of hydrogen-bond donors (Lipinski definition) is 0. The largest absolute Gasteiger partial charge is 0.396 e. The van der Waals surface area contributed by atoms with Gasteiger partial charge in [0.05, 0.1) is 0 Å². The summed E-state index contributed by atoms with van der Waals surface area (Å²) in [5, 5.41) is 2.31. The van der Waals surface area contributed by atoms with Crippen molar-refractivity contribution in [3.63, 3.8) is 0 Å². The first-order valence-electron chi connectivity index (χ1n) is 14.6. The Balaban J connectivity index is 0.000000395. The molecular formula is C32H52ClNO4Si2. The fourth-order valence-electron chi connectivity index (χ4n) is 5.70. The molecule has 2 unspecified atom stereocenters. The second kappa shape index (κ2) is 15.9. The highest BCUT2D eigenvalue weighted by molar-refractivity contribution is 7.20. The van der Waals surface area contributed by atoms with Crippen molar-refractivity contribution in [2.45, 2.75) is 109 Å². The average molecular weight is 606 g/mol. The topological polar surface area (TPSA) is 48.0 Å². The van der Waals surface area contributed by atoms with Gasteiger partial charge in [0.15, 0.2) is 0 Å². The van der Waals surface area contributed by atoms with Crippen molar-refractivity contribution >= 4 is 27.9 Å². The standard InChI is InChI=1S/C26H37NO.C6H15ClO3Si2/c1-20-13-15-22(16-14-20)21(2)19-24(23-11-8-7-9-12-23)28-27-25(3,4)17-10-18-26(27,5)6;1-9-12(10-2,11(3)8)6-4-5-7/h7-9,11-16,21,24H,10,17-19H2,1-6H3;4-6H2,1-3H3. The van der Waals surface area contributed by atoms with Gasteiger partial charge in [-0.25, -0.2) is 0 Å². The third kappa shape index (κ3) is 9.68. The van der Waals surface area contributed by atoms with Crippen molar-refractivity contribution in [2.75, 3.05) is 20.1 Å². The first kappa shape index (κ1) is 35.0. The molecule has 40 heavy (non-hydrogen) atoms. The van der Waals surface area contributed by atoms with Crippen molar-refractivity contribution < 1.29 is 18.2 Å². The molecule has 8 heteroatoms. The van der Waals surface area contributed by atoms with Crippen LogP contribution in [-0.2, 0) is 18.2 Å². The number of hydroxylamine groups is 2. The van der Waals surface area contributed by atoms with Gasteiger partial charge in [-0.2, -0.15) is 5.06 Å². The zero-order valence-electron chi connectivity index (χ0n) is 26.3. The summed E-state index contributed by atoms with van der Waals surface area (Å²) >= 11 is 5.55. The van der Waals surface area contributed by atoms with Crippen LogP contribution in [0.1, 0.15) is 95.4 Å². The maximum absolute atomic E-state index is 11.4. The van der Waals surface area contributed by atoms with Crippen LogP contribution in [0, 0.1) is 6.92 Å². The highest BCUT2D eigenvalue weighted by Gasteiger charge is 2.44. The number of aryl methyl sites for hydroxylation is 1. The molecule has 0 spiro atoms. The highest BCUT2D eigenvalue weighted by atomic mass is 35.5. The first-order chi connectivity index (χ1) is 18.8. The monoisotopic (exact) mass is 605 g/mol. The third-order valence-electron chi connectivity index (χ3n) is 8.13. The molecule has 3 rings (SSSR count). The van der Waals surface area contributed by atoms with Crippen LogP contribution in [0.5, 0.6) is 0 Å². The van der Waals surface area contributed by atoms with Crippen LogP contribution in [0.3, 0.4) is 0 Å². The Morgan fingerprint density at radius 2 is 1.50 bits per heavy atom. The quantitative estimate of drug-likeness (QED) is 0.179. The Hall–Kier alpha value is -1.20. The number of piperidine rings is 1. The summed E-state index contributed by atoms with van der Waals surface area (Å²) < 4.78 is 21.9. The van der Waals surface area contributed by atoms with E-state index in [9.17, 15) is 4.46 Å². The van der Waals surface area contributed by atoms with Gasteiger partial charge in [0, 0.05) is 31.2 Å². The van der Waals surface area contributed by atoms with Gasteiger partial charge in [-0.1, -0.05) is 67.1 Å². The summed E-state index contributed by atoms with van der Waals surface area (Å²) in [4.78, 5) is 6.86. The highest BCUT2D eigenvalue weighted by Crippen LogP contribution is 2.42. The van der Waals surface area contributed by atoms with Gasteiger partial charge in [-0.15, -0.1) is 11.6 Å². The number of rotatable bonds is 12. The van der Waals surface area contributed by atoms with Gasteiger partial charge in [-0.05, 0) is 96.4 Å². The maximum atomic E-state index is 11.4. The first-order valence-corrected chi connectivity index (χ1v) is 20.0. The zero-order chi connectivity index (χ0) is 30.0. The molecule has 2 aromatic rings. The Bertz CT molecular complexity index is 1010. The summed E-state index contributed by atoms with van der Waals surface area (Å²) in [6, 6.07) is 20.4. The van der Waals surface area contributed by atoms with E-state index in [1.165, 1.54) is 36.0 Å². The fourth-order valence-corrected chi connectivity index (χ4v) is 11.5. The van der Waals surface area contributed by atoms with Gasteiger partial charge in [0.25, 0.3) is 0 Å². The third-order valence-corrected chi connectivity index (χ3v) is 17.0. The zero-order valence-corrected chi connectivity index (χ0v) is 29.0. The summed E-state index contributed by atoms with van der Waals surface area (Å²) in [5.74, 6) is 0.998. The molecule has 1 fully saturated rings. The van der Waals surface area contributed by atoms with E-state index in [4.69, 9.17) is 25.3 Å². The van der Waals surface area contributed by atoms with E-state index in [0.29, 0.717) is 11.8 Å². The lowest BCUT2D eigenvalue weighted by Crippen LogP contribution is -2.58. The number of halogens is 1. The summed E-state index contributed by atoms with van der Waals surface area (Å²) in [6.45, 7) is 15.4. The minimum absolute atomic E-state index is 0.0435. The molecule has 0 amide bonds. The van der Waals surface area contributed by atoms with Crippen LogP contribution in [0.25, 0.3) is 0 Å². The number of benzene rings is 2. The summed E-state index contributed by atoms with van der Waals surface area (Å²) in [7, 11) is -0.970. The van der Waals surface area contributed by atoms with E-state index >= 15 is 0 Å². The maximum Gasteiger partial charge on any atom is 0.384 e. The summed E-state index contributed by atoms with van der Waals surface area (Å²) in [5.41, 5.74) is 4.04. The lowest BCUT2D eigenvalue weighted by atomic mass is 9.82. The Labute approximate surface area is 251 Å². The van der Waals surface area contributed by atoms with Crippen molar-refractivity contribution in [3.8, 4) is 0 Å². The predicted octanol–water partition coefficient (Wildman–Crippen LogP) is 8.69. The number of hydrogen-bond acceptors (Lipinski definition) is 5. The molecule has 2 atom stereocenters. The second-order valence-corrected chi connectivity index (χ2v) is 21.0. The van der Waals surface area contributed by atoms with Crippen LogP contribution in [0.15, 0.2) is 54.6 Å². The molecule has 2 aromatic carbocycles. The smallest absolute Gasteiger partial charge is 0.384 e. The molecule has 0 N–H and O–H groups in total. The van der Waals surface area contributed by atoms with Gasteiger partial charge >= 0.3 is 16.3 Å². The molecule has 1 heterocycles. The van der Waals surface area contributed by atoms with Crippen molar-refractivity contribution in [2.24, 2.45) is 0 Å². The number of nitrogens with zero attached hydrogens (tertiary/aromatic N) is 1. The van der Waals surface area contributed by atoms with E-state index in [-0.39, 0.29) is 17.2 Å². The molecule has 1 aliphatic rings. The van der Waals surface area contributed by atoms with Gasteiger partial charge in [0.2, 0.25) is 0 Å². The normalized spacial score (nSPS) is 18.4. The van der Waals surface area contributed by atoms with Crippen LogP contribution >= 0.6 is 11.6 Å². The minimum atomic E-state index is -2.38. The van der Waals surface area contributed by atoms with Gasteiger partial charge in [-0.3, -0.25) is 4.84 Å². The molecule has 5 nitrogen and oxygen atoms in total. The average Bonchev–Trinajstić information content (AvgIpc) is 2.91. The predicted molar refractivity (Wildman–Crippen MR) is 171 cm³/mol. The van der Waals surface area contributed by atoms with Crippen LogP contribution < -0.4 is 0 Å². The van der Waals surface area contributed by atoms with E-state index in [2.05, 4.69) is 101 Å². The fraction of sp³-hybridized carbons (Fsp3) is 0.625. The molecule has 0 bridgehead atoms. The molecule has 0 aliphatic carbocycles. The van der Waals surface area contributed by atoms with Crippen LogP contribution in [0.4, 0.5) is 0 Å². The molecule has 0 saturated carbocycles. The molecule has 1 aliphatic heterocycles. The molecular weight excluding hydrogens is 554 g/mol. The van der Waals surface area contributed by atoms with Crippen molar-refractivity contribution in [1.82, 2.24) is 5.06 Å². The summed E-state index contributed by atoms with van der Waals surface area (Å²) in [6.07, 6.45) is 5.43. The van der Waals surface area contributed by atoms with E-state index in [1.54, 1.807) is 20.8 Å². The van der Waals surface area contributed by atoms with E-state index in [0.717, 1.165) is 18.9 Å². The Morgan fingerprint density at radius 1 is 0.950 bits per heavy atom. The Kier molecular flexibility index (Phi) is 13.9. The Morgan fingerprint density at radius 3 is 1.98 bits per heavy atom. The molecule has 0 radical (unpaired) electrons. The lowest BCUT2D eigenvalue weighted by molar-refractivity contribution is -0.308. The van der Waals surface area contributed by atoms with E-state index in [1.807, 2.05) is 0 Å². The van der Waals surface area contributed by atoms with Gasteiger partial charge < -0.3 is 13.3 Å². The molecule has 0 aromatic heterocycles. The number of alkyl halides is 1. The van der Waals surface area contributed by atoms with Crippen molar-refractivity contribution in [3.05, 3.63) is 71.3 Å². The van der Waals surface area contributed by atoms with Crippen molar-refractivity contribution in [1.29, 1.82) is 0 Å². The van der Waals surface area contributed by atoms with Gasteiger partial charge in [0.1, 0.15) is 6.10 Å². The lowest BCUT2D eigenvalue weighted by Gasteiger charge is -2.52. The van der Waals surface area contributed by atoms with Crippen LogP contribution in [0.2, 0.25) is 12.6 Å². The second-order valence-electron chi connectivity index (χ2n) is 12.3. The molecule has 1 saturated heterocycles. The SMILES string of the molecule is CO[Si](CCCCl)(OC)[Si](C)=O.Cc1ccc(C(C)CC(ON2C(C)(C)CCCC2(C)C)c2ccccc2)cc1. The van der Waals surface area contributed by atoms with Crippen LogP contribution in [-0.4, -0.2) is 52.5 Å². The van der Waals surface area contributed by atoms with E-state index < -0.39 is 16.3 Å². The molecule has 224 valence electrons.